The number of ether oxygens (including phenoxy) is 1. The minimum atomic E-state index is 0.0642. The Bertz CT molecular complexity index is 626. The van der Waals surface area contributed by atoms with E-state index in [2.05, 4.69) is 10.3 Å². The van der Waals surface area contributed by atoms with Gasteiger partial charge >= 0.3 is 0 Å². The largest absolute Gasteiger partial charge is 0.496 e. The number of para-hydroxylation sites is 2. The molecule has 0 saturated carbocycles. The molecule has 0 aliphatic carbocycles. The van der Waals surface area contributed by atoms with Gasteiger partial charge in [-0.3, -0.25) is 0 Å². The first-order chi connectivity index (χ1) is 9.70. The van der Waals surface area contributed by atoms with Crippen LogP contribution in [0.15, 0.2) is 59.6 Å². The summed E-state index contributed by atoms with van der Waals surface area (Å²) in [6, 6.07) is 17.2. The van der Waals surface area contributed by atoms with Crippen LogP contribution in [0.2, 0.25) is 0 Å². The zero-order valence-electron chi connectivity index (χ0n) is 11.0. The van der Waals surface area contributed by atoms with Crippen LogP contribution in [-0.2, 0) is 0 Å². The standard InChI is InChI=1S/C15H15N3OS/c1-19-13-10-6-5-9-12(13)14(18-15(16)20)17-11-7-3-2-4-8-11/h2-10H,1H3,(H3,16,17,18,20). The van der Waals surface area contributed by atoms with Gasteiger partial charge in [0.1, 0.15) is 11.6 Å². The molecule has 0 fully saturated rings. The fourth-order valence-electron chi connectivity index (χ4n) is 1.76. The quantitative estimate of drug-likeness (QED) is 0.517. The number of methoxy groups -OCH3 is 1. The predicted molar refractivity (Wildman–Crippen MR) is 86.4 cm³/mol. The lowest BCUT2D eigenvalue weighted by Crippen LogP contribution is -2.19. The number of nitrogens with zero attached hydrogens (tertiary/aromatic N) is 1. The van der Waals surface area contributed by atoms with Gasteiger partial charge in [0.15, 0.2) is 5.11 Å². The highest BCUT2D eigenvalue weighted by Crippen LogP contribution is 2.19. The number of amidine groups is 1. The Kier molecular flexibility index (Phi) is 4.68. The van der Waals surface area contributed by atoms with E-state index in [0.29, 0.717) is 11.6 Å². The van der Waals surface area contributed by atoms with E-state index in [1.165, 1.54) is 0 Å². The predicted octanol–water partition coefficient (Wildman–Crippen LogP) is 2.80. The third kappa shape index (κ3) is 3.55. The third-order valence-corrected chi connectivity index (χ3v) is 2.71. The summed E-state index contributed by atoms with van der Waals surface area (Å²) in [6.07, 6.45) is 0. The van der Waals surface area contributed by atoms with Gasteiger partial charge in [0.25, 0.3) is 0 Å². The lowest BCUT2D eigenvalue weighted by atomic mass is 10.1. The van der Waals surface area contributed by atoms with E-state index >= 15 is 0 Å². The van der Waals surface area contributed by atoms with Crippen LogP contribution in [0.5, 0.6) is 5.75 Å². The molecule has 20 heavy (non-hydrogen) atoms. The zero-order valence-corrected chi connectivity index (χ0v) is 11.9. The van der Waals surface area contributed by atoms with Gasteiger partial charge in [-0.15, -0.1) is 0 Å². The van der Waals surface area contributed by atoms with Crippen molar-refractivity contribution in [2.75, 3.05) is 12.4 Å². The fraction of sp³-hybridized carbons (Fsp3) is 0.0667. The molecule has 0 heterocycles. The summed E-state index contributed by atoms with van der Waals surface area (Å²) < 4.78 is 5.34. The normalized spacial score (nSPS) is 10.9. The minimum Gasteiger partial charge on any atom is -0.496 e. The number of hydrogen-bond acceptors (Lipinski definition) is 2. The SMILES string of the molecule is COc1ccccc1/C(=N/C(N)=S)Nc1ccccc1. The molecule has 0 aliphatic heterocycles. The van der Waals surface area contributed by atoms with Crippen molar-refractivity contribution in [3.8, 4) is 5.75 Å². The summed E-state index contributed by atoms with van der Waals surface area (Å²) in [5.74, 6) is 1.26. The summed E-state index contributed by atoms with van der Waals surface area (Å²) in [5, 5.41) is 3.27. The monoisotopic (exact) mass is 285 g/mol. The van der Waals surface area contributed by atoms with Crippen molar-refractivity contribution < 1.29 is 4.74 Å². The Hall–Kier alpha value is -2.40. The van der Waals surface area contributed by atoms with Gasteiger partial charge < -0.3 is 15.8 Å². The first kappa shape index (κ1) is 14.0. The molecule has 0 aliphatic rings. The van der Waals surface area contributed by atoms with Gasteiger partial charge in [0, 0.05) is 5.69 Å². The molecule has 102 valence electrons. The molecule has 0 amide bonds. The van der Waals surface area contributed by atoms with Gasteiger partial charge in [0.05, 0.1) is 12.7 Å². The maximum atomic E-state index is 5.54. The van der Waals surface area contributed by atoms with Crippen molar-refractivity contribution >= 4 is 28.9 Å². The van der Waals surface area contributed by atoms with Crippen LogP contribution in [0.1, 0.15) is 5.56 Å². The number of nitrogens with two attached hydrogens (primary N) is 1. The molecular weight excluding hydrogens is 270 g/mol. The average molecular weight is 285 g/mol. The lowest BCUT2D eigenvalue weighted by Gasteiger charge is -2.13. The summed E-state index contributed by atoms with van der Waals surface area (Å²) in [5.41, 5.74) is 7.23. The van der Waals surface area contributed by atoms with Gasteiger partial charge in [-0.05, 0) is 36.5 Å². The Balaban J connectivity index is 2.41. The summed E-state index contributed by atoms with van der Waals surface area (Å²) in [4.78, 5) is 4.19. The maximum Gasteiger partial charge on any atom is 0.192 e. The number of hydrogen-bond donors (Lipinski definition) is 2. The minimum absolute atomic E-state index is 0.0642. The molecule has 3 N–H and O–H groups in total. The number of anilines is 1. The van der Waals surface area contributed by atoms with E-state index in [0.717, 1.165) is 11.3 Å². The fourth-order valence-corrected chi connectivity index (χ4v) is 1.86. The van der Waals surface area contributed by atoms with Crippen LogP contribution in [0.3, 0.4) is 0 Å². The van der Waals surface area contributed by atoms with Crippen molar-refractivity contribution in [1.82, 2.24) is 0 Å². The second-order valence-corrected chi connectivity index (χ2v) is 4.41. The van der Waals surface area contributed by atoms with Crippen LogP contribution in [0.4, 0.5) is 5.69 Å². The molecule has 0 saturated heterocycles. The number of rotatable bonds is 3. The molecular formula is C15H15N3OS. The van der Waals surface area contributed by atoms with Crippen LogP contribution in [-0.4, -0.2) is 18.1 Å². The number of thiocarbonyl (C=S) groups is 1. The highest BCUT2D eigenvalue weighted by Gasteiger charge is 2.10. The molecule has 0 atom stereocenters. The maximum absolute atomic E-state index is 5.54. The Morgan fingerprint density at radius 3 is 2.40 bits per heavy atom. The summed E-state index contributed by atoms with van der Waals surface area (Å²) in [7, 11) is 1.61. The van der Waals surface area contributed by atoms with E-state index < -0.39 is 0 Å². The molecule has 0 spiro atoms. The van der Waals surface area contributed by atoms with Gasteiger partial charge in [-0.2, -0.15) is 0 Å². The van der Waals surface area contributed by atoms with Gasteiger partial charge in [-0.25, -0.2) is 4.99 Å². The topological polar surface area (TPSA) is 59.6 Å². The van der Waals surface area contributed by atoms with Crippen molar-refractivity contribution in [3.05, 3.63) is 60.2 Å². The molecule has 5 heteroatoms. The van der Waals surface area contributed by atoms with Crippen LogP contribution in [0, 0.1) is 0 Å². The van der Waals surface area contributed by atoms with Gasteiger partial charge in [-0.1, -0.05) is 30.3 Å². The molecule has 0 unspecified atom stereocenters. The number of benzene rings is 2. The van der Waals surface area contributed by atoms with E-state index in [9.17, 15) is 0 Å². The van der Waals surface area contributed by atoms with E-state index in [1.807, 2.05) is 54.6 Å². The molecule has 4 nitrogen and oxygen atoms in total. The molecule has 2 aromatic rings. The van der Waals surface area contributed by atoms with Crippen molar-refractivity contribution in [2.45, 2.75) is 0 Å². The Morgan fingerprint density at radius 2 is 1.75 bits per heavy atom. The lowest BCUT2D eigenvalue weighted by molar-refractivity contribution is 0.414. The summed E-state index contributed by atoms with van der Waals surface area (Å²) >= 11 is 4.88. The van der Waals surface area contributed by atoms with E-state index in [1.54, 1.807) is 7.11 Å². The second-order valence-electron chi connectivity index (χ2n) is 3.99. The number of nitrogens with one attached hydrogen (secondary N) is 1. The van der Waals surface area contributed by atoms with Crippen molar-refractivity contribution in [2.24, 2.45) is 10.7 Å². The first-order valence-electron chi connectivity index (χ1n) is 6.04. The third-order valence-electron chi connectivity index (χ3n) is 2.62. The van der Waals surface area contributed by atoms with Crippen LogP contribution >= 0.6 is 12.2 Å². The molecule has 0 radical (unpaired) electrons. The highest BCUT2D eigenvalue weighted by atomic mass is 32.1. The van der Waals surface area contributed by atoms with Crippen molar-refractivity contribution in [3.63, 3.8) is 0 Å². The zero-order chi connectivity index (χ0) is 14.4. The van der Waals surface area contributed by atoms with Crippen molar-refractivity contribution in [1.29, 1.82) is 0 Å². The smallest absolute Gasteiger partial charge is 0.192 e. The van der Waals surface area contributed by atoms with E-state index in [-0.39, 0.29) is 5.11 Å². The first-order valence-corrected chi connectivity index (χ1v) is 6.45. The molecule has 2 rings (SSSR count). The highest BCUT2D eigenvalue weighted by molar-refractivity contribution is 7.80. The Morgan fingerprint density at radius 1 is 1.10 bits per heavy atom. The molecule has 0 bridgehead atoms. The number of aliphatic imine (C=N–C) groups is 1. The summed E-state index contributed by atoms with van der Waals surface area (Å²) in [6.45, 7) is 0. The molecule has 0 aromatic heterocycles. The Labute approximate surface area is 123 Å². The molecule has 2 aromatic carbocycles. The average Bonchev–Trinajstić information content (AvgIpc) is 2.47. The van der Waals surface area contributed by atoms with Crippen LogP contribution < -0.4 is 15.8 Å². The second kappa shape index (κ2) is 6.68. The van der Waals surface area contributed by atoms with Gasteiger partial charge in [0.2, 0.25) is 0 Å². The van der Waals surface area contributed by atoms with E-state index in [4.69, 9.17) is 22.7 Å². The van der Waals surface area contributed by atoms with Crippen LogP contribution in [0.25, 0.3) is 0 Å².